The lowest BCUT2D eigenvalue weighted by Crippen LogP contribution is -2.43. The highest BCUT2D eigenvalue weighted by atomic mass is 32.1. The summed E-state index contributed by atoms with van der Waals surface area (Å²) in [5.41, 5.74) is 13.2. The maximum atomic E-state index is 14.1. The molecule has 4 rings (SSSR count). The van der Waals surface area contributed by atoms with Gasteiger partial charge in [0.25, 0.3) is 11.8 Å². The Balaban J connectivity index is 1.82. The van der Waals surface area contributed by atoms with E-state index in [0.717, 1.165) is 17.1 Å². The van der Waals surface area contributed by atoms with E-state index in [0.29, 0.717) is 22.6 Å². The Labute approximate surface area is 234 Å². The predicted octanol–water partition coefficient (Wildman–Crippen LogP) is 2.94. The Kier molecular flexibility index (Phi) is 8.92. The Morgan fingerprint density at radius 2 is 1.73 bits per heavy atom. The lowest BCUT2D eigenvalue weighted by Gasteiger charge is -2.31. The number of hydrogen-bond acceptors (Lipinski definition) is 9. The smallest absolute Gasteiger partial charge is 0.270 e. The molecule has 0 fully saturated rings. The summed E-state index contributed by atoms with van der Waals surface area (Å²) < 4.78 is 14.8. The van der Waals surface area contributed by atoms with E-state index in [-0.39, 0.29) is 29.3 Å². The Morgan fingerprint density at radius 3 is 2.35 bits per heavy atom. The SMILES string of the molecule is COc1ccc([C@H](C(=O)NCc2ccccc2)N(Cc2cccnc2)C(=O)c2snc(C(N)=O)c2N)cc1OC. The molecule has 0 saturated heterocycles. The summed E-state index contributed by atoms with van der Waals surface area (Å²) >= 11 is 0.741. The topological polar surface area (TPSA) is 163 Å². The number of nitrogens with two attached hydrogens (primary N) is 2. The van der Waals surface area contributed by atoms with Crippen LogP contribution in [0.15, 0.2) is 73.1 Å². The van der Waals surface area contributed by atoms with Crippen LogP contribution in [0.5, 0.6) is 11.5 Å². The first-order valence-electron chi connectivity index (χ1n) is 12.1. The number of anilines is 1. The number of benzene rings is 2. The van der Waals surface area contributed by atoms with Crippen LogP contribution in [0.25, 0.3) is 0 Å². The zero-order valence-electron chi connectivity index (χ0n) is 21.9. The van der Waals surface area contributed by atoms with Crippen molar-refractivity contribution < 1.29 is 23.9 Å². The molecule has 4 aromatic rings. The van der Waals surface area contributed by atoms with Gasteiger partial charge in [-0.05, 0) is 46.4 Å². The zero-order chi connectivity index (χ0) is 28.6. The van der Waals surface area contributed by atoms with Crippen molar-refractivity contribution in [1.29, 1.82) is 0 Å². The minimum Gasteiger partial charge on any atom is -0.493 e. The second-order valence-electron chi connectivity index (χ2n) is 8.65. The quantitative estimate of drug-likeness (QED) is 0.252. The largest absolute Gasteiger partial charge is 0.493 e. The molecule has 0 bridgehead atoms. The lowest BCUT2D eigenvalue weighted by atomic mass is 10.0. The number of methoxy groups -OCH3 is 2. The van der Waals surface area contributed by atoms with Crippen LogP contribution >= 0.6 is 11.5 Å². The van der Waals surface area contributed by atoms with Crippen molar-refractivity contribution in [2.24, 2.45) is 5.73 Å². The molecule has 40 heavy (non-hydrogen) atoms. The third kappa shape index (κ3) is 6.18. The van der Waals surface area contributed by atoms with Crippen LogP contribution in [0.3, 0.4) is 0 Å². The van der Waals surface area contributed by atoms with Crippen molar-refractivity contribution in [1.82, 2.24) is 19.6 Å². The van der Waals surface area contributed by atoms with Gasteiger partial charge in [0.05, 0.1) is 19.9 Å². The van der Waals surface area contributed by atoms with E-state index in [4.69, 9.17) is 20.9 Å². The number of primary amides is 1. The number of nitrogen functional groups attached to an aromatic ring is 1. The molecule has 2 aromatic carbocycles. The van der Waals surface area contributed by atoms with Gasteiger partial charge in [0, 0.05) is 25.5 Å². The van der Waals surface area contributed by atoms with Crippen molar-refractivity contribution in [2.75, 3.05) is 20.0 Å². The molecular weight excluding hydrogens is 532 g/mol. The minimum absolute atomic E-state index is 0.00626. The zero-order valence-corrected chi connectivity index (χ0v) is 22.7. The maximum absolute atomic E-state index is 14.1. The van der Waals surface area contributed by atoms with Crippen molar-refractivity contribution in [3.8, 4) is 11.5 Å². The van der Waals surface area contributed by atoms with Crippen molar-refractivity contribution in [2.45, 2.75) is 19.1 Å². The molecule has 12 heteroatoms. The molecule has 0 unspecified atom stereocenters. The van der Waals surface area contributed by atoms with E-state index < -0.39 is 23.8 Å². The first kappa shape index (κ1) is 28.0. The Hall–Kier alpha value is -4.97. The molecule has 0 aliphatic carbocycles. The fourth-order valence-corrected chi connectivity index (χ4v) is 4.87. The molecule has 0 saturated carbocycles. The van der Waals surface area contributed by atoms with Crippen molar-refractivity contribution in [3.63, 3.8) is 0 Å². The van der Waals surface area contributed by atoms with E-state index in [2.05, 4.69) is 14.7 Å². The van der Waals surface area contributed by atoms with Gasteiger partial charge in [-0.3, -0.25) is 19.4 Å². The summed E-state index contributed by atoms with van der Waals surface area (Å²) in [6.07, 6.45) is 3.20. The number of rotatable bonds is 11. The first-order chi connectivity index (χ1) is 19.3. The number of carbonyl (C=O) groups excluding carboxylic acids is 3. The van der Waals surface area contributed by atoms with E-state index >= 15 is 0 Å². The maximum Gasteiger partial charge on any atom is 0.270 e. The molecule has 0 spiro atoms. The summed E-state index contributed by atoms with van der Waals surface area (Å²) in [4.78, 5) is 45.3. The molecule has 0 aliphatic heterocycles. The molecule has 2 aromatic heterocycles. The van der Waals surface area contributed by atoms with Gasteiger partial charge in [-0.1, -0.05) is 42.5 Å². The number of pyridine rings is 1. The van der Waals surface area contributed by atoms with Crippen LogP contribution in [-0.4, -0.2) is 46.2 Å². The molecule has 3 amide bonds. The number of nitrogens with zero attached hydrogens (tertiary/aromatic N) is 3. The predicted molar refractivity (Wildman–Crippen MR) is 150 cm³/mol. The number of carbonyl (C=O) groups is 3. The highest BCUT2D eigenvalue weighted by Gasteiger charge is 2.35. The summed E-state index contributed by atoms with van der Waals surface area (Å²) in [6, 6.07) is 16.7. The van der Waals surface area contributed by atoms with E-state index in [1.807, 2.05) is 30.3 Å². The summed E-state index contributed by atoms with van der Waals surface area (Å²) in [7, 11) is 2.98. The van der Waals surface area contributed by atoms with Crippen LogP contribution < -0.4 is 26.3 Å². The molecule has 206 valence electrons. The van der Waals surface area contributed by atoms with Crippen molar-refractivity contribution in [3.05, 3.63) is 100 Å². The summed E-state index contributed by atoms with van der Waals surface area (Å²) in [5, 5.41) is 2.94. The number of hydrogen-bond donors (Lipinski definition) is 3. The van der Waals surface area contributed by atoms with Gasteiger partial charge in [0.1, 0.15) is 10.9 Å². The molecule has 1 atom stereocenters. The minimum atomic E-state index is -1.14. The normalized spacial score (nSPS) is 11.3. The second-order valence-corrected chi connectivity index (χ2v) is 9.43. The lowest BCUT2D eigenvalue weighted by molar-refractivity contribution is -0.126. The monoisotopic (exact) mass is 560 g/mol. The number of amides is 3. The van der Waals surface area contributed by atoms with E-state index in [1.165, 1.54) is 19.1 Å². The van der Waals surface area contributed by atoms with Gasteiger partial charge in [-0.15, -0.1) is 0 Å². The van der Waals surface area contributed by atoms with Gasteiger partial charge in [0.2, 0.25) is 5.91 Å². The molecule has 11 nitrogen and oxygen atoms in total. The summed E-state index contributed by atoms with van der Waals surface area (Å²) in [6.45, 7) is 0.223. The third-order valence-corrected chi connectivity index (χ3v) is 6.94. The van der Waals surface area contributed by atoms with E-state index in [9.17, 15) is 14.4 Å². The fourth-order valence-electron chi connectivity index (χ4n) is 4.11. The van der Waals surface area contributed by atoms with Crippen LogP contribution in [0, 0.1) is 0 Å². The van der Waals surface area contributed by atoms with Gasteiger partial charge in [0.15, 0.2) is 17.2 Å². The number of nitrogens with one attached hydrogen (secondary N) is 1. The standard InChI is InChI=1S/C28H28N6O5S/c1-38-20-11-10-19(13-21(20)39-2)24(27(36)32-15-17-7-4-3-5-8-17)34(16-18-9-6-12-31-14-18)28(37)25-22(29)23(26(30)35)33-40-25/h3-14,24H,15-16,29H2,1-2H3,(H2,30,35)(H,32,36)/t24-/m1/s1. The van der Waals surface area contributed by atoms with Gasteiger partial charge >= 0.3 is 0 Å². The third-order valence-electron chi connectivity index (χ3n) is 6.09. The molecule has 2 heterocycles. The fraction of sp³-hybridized carbons (Fsp3) is 0.179. The second kappa shape index (κ2) is 12.7. The Bertz CT molecular complexity index is 1500. The van der Waals surface area contributed by atoms with Crippen LogP contribution in [0.2, 0.25) is 0 Å². The molecular formula is C28H28N6O5S. The molecule has 0 radical (unpaired) electrons. The van der Waals surface area contributed by atoms with Gasteiger partial charge < -0.3 is 31.2 Å². The van der Waals surface area contributed by atoms with Crippen LogP contribution in [0.4, 0.5) is 5.69 Å². The van der Waals surface area contributed by atoms with Gasteiger partial charge in [-0.25, -0.2) is 0 Å². The van der Waals surface area contributed by atoms with Crippen LogP contribution in [-0.2, 0) is 17.9 Å². The highest BCUT2D eigenvalue weighted by molar-refractivity contribution is 7.09. The van der Waals surface area contributed by atoms with Crippen LogP contribution in [0.1, 0.15) is 42.9 Å². The van der Waals surface area contributed by atoms with Gasteiger partial charge in [-0.2, -0.15) is 4.37 Å². The first-order valence-corrected chi connectivity index (χ1v) is 12.9. The number of aromatic nitrogens is 2. The molecule has 0 aliphatic rings. The van der Waals surface area contributed by atoms with Crippen molar-refractivity contribution >= 4 is 34.9 Å². The average molecular weight is 561 g/mol. The Morgan fingerprint density at radius 1 is 1.00 bits per heavy atom. The molecule has 5 N–H and O–H groups in total. The summed E-state index contributed by atoms with van der Waals surface area (Å²) in [5.74, 6) is -1.09. The number of ether oxygens (including phenoxy) is 2. The van der Waals surface area contributed by atoms with E-state index in [1.54, 1.807) is 42.7 Å². The average Bonchev–Trinajstić information content (AvgIpc) is 3.37. The highest BCUT2D eigenvalue weighted by Crippen LogP contribution is 2.35.